The minimum atomic E-state index is -0.272. The molecular weight excluding hydrogens is 432 g/mol. The molecule has 0 N–H and O–H groups in total. The van der Waals surface area contributed by atoms with Crippen LogP contribution in [0.4, 0.5) is 0 Å². The third kappa shape index (κ3) is 5.46. The van der Waals surface area contributed by atoms with E-state index in [4.69, 9.17) is 11.6 Å². The summed E-state index contributed by atoms with van der Waals surface area (Å²) in [6.45, 7) is 9.71. The molecule has 4 rings (SSSR count). The number of hydrogen-bond donors (Lipinski definition) is 0. The molecule has 6 nitrogen and oxygen atoms in total. The Labute approximate surface area is 200 Å². The van der Waals surface area contributed by atoms with E-state index in [0.29, 0.717) is 13.1 Å². The molecule has 4 aromatic rings. The molecule has 0 spiro atoms. The minimum absolute atomic E-state index is 0.184. The highest BCUT2D eigenvalue weighted by atomic mass is 35.5. The number of hydrogen-bond acceptors (Lipinski definition) is 5. The summed E-state index contributed by atoms with van der Waals surface area (Å²) in [6.07, 6.45) is 3.69. The molecule has 0 saturated heterocycles. The molecule has 0 radical (unpaired) electrons. The summed E-state index contributed by atoms with van der Waals surface area (Å²) in [5.74, 6) is 0.794. The van der Waals surface area contributed by atoms with Gasteiger partial charge in [-0.25, -0.2) is 4.68 Å². The minimum Gasteiger partial charge on any atom is -0.281 e. The topological polar surface area (TPSA) is 59.7 Å². The van der Waals surface area contributed by atoms with Crippen molar-refractivity contribution in [2.45, 2.75) is 52.4 Å². The van der Waals surface area contributed by atoms with E-state index < -0.39 is 0 Å². The van der Waals surface area contributed by atoms with Crippen LogP contribution in [0.15, 0.2) is 73.1 Å². The van der Waals surface area contributed by atoms with Gasteiger partial charge in [0.15, 0.2) is 5.82 Å². The van der Waals surface area contributed by atoms with Crippen molar-refractivity contribution in [2.24, 2.45) is 0 Å². The van der Waals surface area contributed by atoms with Gasteiger partial charge in [-0.1, -0.05) is 65.7 Å². The predicted molar refractivity (Wildman–Crippen MR) is 131 cm³/mol. The molecule has 0 fully saturated rings. The average Bonchev–Trinajstić information content (AvgIpc) is 3.28. The number of nitrogens with zero attached hydrogens (tertiary/aromatic N) is 6. The average molecular weight is 461 g/mol. The number of pyridine rings is 1. The normalized spacial score (nSPS) is 12.8. The summed E-state index contributed by atoms with van der Waals surface area (Å²) in [4.78, 5) is 6.69. The Morgan fingerprint density at radius 3 is 2.39 bits per heavy atom. The number of tetrazole rings is 1. The van der Waals surface area contributed by atoms with Gasteiger partial charge in [-0.3, -0.25) is 9.88 Å². The van der Waals surface area contributed by atoms with Gasteiger partial charge >= 0.3 is 0 Å². The van der Waals surface area contributed by atoms with Gasteiger partial charge in [-0.15, -0.1) is 5.10 Å². The van der Waals surface area contributed by atoms with Crippen molar-refractivity contribution in [1.82, 2.24) is 30.1 Å². The van der Waals surface area contributed by atoms with Crippen LogP contribution in [0.5, 0.6) is 0 Å². The number of rotatable bonds is 7. The van der Waals surface area contributed by atoms with Gasteiger partial charge in [-0.05, 0) is 66.9 Å². The lowest BCUT2D eigenvalue weighted by Gasteiger charge is -2.33. The van der Waals surface area contributed by atoms with Gasteiger partial charge in [0, 0.05) is 30.5 Å². The molecule has 0 amide bonds. The SMILES string of the molecule is Cc1ccc(C(c2nnnn2C(C)(C)C)N(Cc2cccnc2)Cc2ccccc2Cl)cc1. The summed E-state index contributed by atoms with van der Waals surface area (Å²) in [6, 6.07) is 20.4. The maximum absolute atomic E-state index is 6.59. The fourth-order valence-corrected chi connectivity index (χ4v) is 4.12. The Morgan fingerprint density at radius 2 is 1.73 bits per heavy atom. The predicted octanol–water partition coefficient (Wildman–Crippen LogP) is 5.58. The van der Waals surface area contributed by atoms with E-state index in [2.05, 4.69) is 89.5 Å². The highest BCUT2D eigenvalue weighted by Crippen LogP contribution is 2.33. The van der Waals surface area contributed by atoms with Crippen LogP contribution in [-0.4, -0.2) is 30.1 Å². The van der Waals surface area contributed by atoms with Gasteiger partial charge < -0.3 is 0 Å². The Balaban J connectivity index is 1.86. The van der Waals surface area contributed by atoms with Gasteiger partial charge in [0.2, 0.25) is 0 Å². The van der Waals surface area contributed by atoms with Gasteiger partial charge in [0.1, 0.15) is 0 Å². The molecule has 2 aromatic carbocycles. The van der Waals surface area contributed by atoms with Crippen LogP contribution < -0.4 is 0 Å². The second kappa shape index (κ2) is 9.81. The van der Waals surface area contributed by atoms with E-state index in [9.17, 15) is 0 Å². The van der Waals surface area contributed by atoms with E-state index in [-0.39, 0.29) is 11.6 Å². The molecule has 170 valence electrons. The van der Waals surface area contributed by atoms with Crippen molar-refractivity contribution < 1.29 is 0 Å². The van der Waals surface area contributed by atoms with Crippen molar-refractivity contribution in [2.75, 3.05) is 0 Å². The van der Waals surface area contributed by atoms with Crippen molar-refractivity contribution in [3.05, 3.63) is 106 Å². The zero-order chi connectivity index (χ0) is 23.4. The van der Waals surface area contributed by atoms with Crippen molar-refractivity contribution in [3.8, 4) is 0 Å². The number of aromatic nitrogens is 5. The third-order valence-electron chi connectivity index (χ3n) is 5.57. The van der Waals surface area contributed by atoms with E-state index in [1.165, 1.54) is 5.56 Å². The van der Waals surface area contributed by atoms with Crippen molar-refractivity contribution in [1.29, 1.82) is 0 Å². The first-order valence-electron chi connectivity index (χ1n) is 11.0. The Kier molecular flexibility index (Phi) is 6.86. The lowest BCUT2D eigenvalue weighted by atomic mass is 9.99. The Morgan fingerprint density at radius 1 is 0.970 bits per heavy atom. The largest absolute Gasteiger partial charge is 0.281 e. The van der Waals surface area contributed by atoms with Gasteiger partial charge in [-0.2, -0.15) is 0 Å². The molecule has 0 bridgehead atoms. The Hall–Kier alpha value is -3.09. The van der Waals surface area contributed by atoms with Crippen LogP contribution in [-0.2, 0) is 18.6 Å². The lowest BCUT2D eigenvalue weighted by molar-refractivity contribution is 0.185. The second-order valence-corrected chi connectivity index (χ2v) is 9.70. The lowest BCUT2D eigenvalue weighted by Crippen LogP contribution is -2.35. The van der Waals surface area contributed by atoms with E-state index in [1.54, 1.807) is 6.20 Å². The summed E-state index contributed by atoms with van der Waals surface area (Å²) in [5.41, 5.74) is 4.22. The molecule has 33 heavy (non-hydrogen) atoms. The fourth-order valence-electron chi connectivity index (χ4n) is 3.92. The molecule has 2 aromatic heterocycles. The fraction of sp³-hybridized carbons (Fsp3) is 0.308. The highest BCUT2D eigenvalue weighted by molar-refractivity contribution is 6.31. The van der Waals surface area contributed by atoms with Crippen molar-refractivity contribution >= 4 is 11.6 Å². The third-order valence-corrected chi connectivity index (χ3v) is 5.94. The summed E-state index contributed by atoms with van der Waals surface area (Å²) < 4.78 is 1.92. The first-order chi connectivity index (χ1) is 15.8. The van der Waals surface area contributed by atoms with Crippen LogP contribution in [0.2, 0.25) is 5.02 Å². The monoisotopic (exact) mass is 460 g/mol. The summed E-state index contributed by atoms with van der Waals surface area (Å²) in [7, 11) is 0. The molecule has 0 aliphatic carbocycles. The second-order valence-electron chi connectivity index (χ2n) is 9.29. The molecule has 1 atom stereocenters. The number of aryl methyl sites for hydroxylation is 1. The van der Waals surface area contributed by atoms with E-state index in [0.717, 1.165) is 27.5 Å². The maximum atomic E-state index is 6.59. The van der Waals surface area contributed by atoms with Crippen LogP contribution in [0, 0.1) is 6.92 Å². The molecule has 0 aliphatic heterocycles. The van der Waals surface area contributed by atoms with E-state index >= 15 is 0 Å². The zero-order valence-corrected chi connectivity index (χ0v) is 20.2. The first-order valence-corrected chi connectivity index (χ1v) is 11.4. The van der Waals surface area contributed by atoms with Gasteiger partial charge in [0.25, 0.3) is 0 Å². The quantitative estimate of drug-likeness (QED) is 0.360. The van der Waals surface area contributed by atoms with Crippen molar-refractivity contribution in [3.63, 3.8) is 0 Å². The first kappa shape index (κ1) is 23.1. The zero-order valence-electron chi connectivity index (χ0n) is 19.5. The molecule has 1 unspecified atom stereocenters. The molecule has 7 heteroatoms. The highest BCUT2D eigenvalue weighted by Gasteiger charge is 2.32. The summed E-state index contributed by atoms with van der Waals surface area (Å²) >= 11 is 6.59. The molecule has 2 heterocycles. The number of benzene rings is 2. The molecular formula is C26H29ClN6. The van der Waals surface area contributed by atoms with Crippen LogP contribution >= 0.6 is 11.6 Å². The molecule has 0 aliphatic rings. The maximum Gasteiger partial charge on any atom is 0.173 e. The Bertz CT molecular complexity index is 1180. The number of halogens is 1. The molecule has 0 saturated carbocycles. The van der Waals surface area contributed by atoms with Crippen LogP contribution in [0.25, 0.3) is 0 Å². The van der Waals surface area contributed by atoms with Gasteiger partial charge in [0.05, 0.1) is 11.6 Å². The van der Waals surface area contributed by atoms with Crippen LogP contribution in [0.1, 0.15) is 54.9 Å². The van der Waals surface area contributed by atoms with Crippen LogP contribution in [0.3, 0.4) is 0 Å². The summed E-state index contributed by atoms with van der Waals surface area (Å²) in [5, 5.41) is 13.7. The standard InChI is InChI=1S/C26H29ClN6/c1-19-11-13-21(14-12-19)24(25-29-30-31-33(25)26(2,3)4)32(17-20-8-7-15-28-16-20)18-22-9-5-6-10-23(22)27/h5-16,24H,17-18H2,1-4H3. The smallest absolute Gasteiger partial charge is 0.173 e. The van der Waals surface area contributed by atoms with E-state index in [1.807, 2.05) is 35.1 Å².